The van der Waals surface area contributed by atoms with Gasteiger partial charge >= 0.3 is 0 Å². The van der Waals surface area contributed by atoms with Gasteiger partial charge in [-0.15, -0.1) is 5.10 Å². The van der Waals surface area contributed by atoms with Crippen molar-refractivity contribution in [3.05, 3.63) is 89.5 Å². The van der Waals surface area contributed by atoms with E-state index in [1.54, 1.807) is 76.1 Å². The zero-order chi connectivity index (χ0) is 21.3. The summed E-state index contributed by atoms with van der Waals surface area (Å²) in [4.78, 5) is 13.1. The van der Waals surface area contributed by atoms with Crippen molar-refractivity contribution in [1.29, 1.82) is 0 Å². The molecule has 0 amide bonds. The topological polar surface area (TPSA) is 69.5 Å². The van der Waals surface area contributed by atoms with Crippen LogP contribution in [0.1, 0.15) is 21.5 Å². The van der Waals surface area contributed by atoms with Crippen molar-refractivity contribution >= 4 is 17.7 Å². The van der Waals surface area contributed by atoms with Crippen LogP contribution in [0.15, 0.2) is 83.0 Å². The molecule has 0 atom stereocenters. The molecule has 0 aliphatic heterocycles. The third kappa shape index (κ3) is 5.11. The maximum Gasteiger partial charge on any atom is 0.213 e. The second-order valence-electron chi connectivity index (χ2n) is 6.25. The van der Waals surface area contributed by atoms with Gasteiger partial charge in [-0.2, -0.15) is 5.10 Å². The standard InChI is InChI=1S/C24H22N2O4/c1-28-20-10-4-17(5-11-20)16-25-26-23(18-6-12-21(29-2)13-7-18)24(27)19-8-14-22(30-3)15-9-19/h4-16H,1-3H3/b25-16-,26-23-. The molecule has 0 heterocycles. The molecule has 0 unspecified atom stereocenters. The molecule has 0 fully saturated rings. The van der Waals surface area contributed by atoms with Gasteiger partial charge in [-0.3, -0.25) is 4.79 Å². The van der Waals surface area contributed by atoms with Gasteiger partial charge in [0.15, 0.2) is 0 Å². The lowest BCUT2D eigenvalue weighted by atomic mass is 10.0. The van der Waals surface area contributed by atoms with E-state index < -0.39 is 0 Å². The van der Waals surface area contributed by atoms with Crippen molar-refractivity contribution in [3.8, 4) is 17.2 Å². The fraction of sp³-hybridized carbons (Fsp3) is 0.125. The van der Waals surface area contributed by atoms with E-state index in [2.05, 4.69) is 10.2 Å². The molecule has 0 aliphatic rings. The van der Waals surface area contributed by atoms with Crippen molar-refractivity contribution < 1.29 is 19.0 Å². The average Bonchev–Trinajstić information content (AvgIpc) is 2.82. The van der Waals surface area contributed by atoms with Crippen molar-refractivity contribution in [1.82, 2.24) is 0 Å². The first-order valence-corrected chi connectivity index (χ1v) is 9.23. The van der Waals surface area contributed by atoms with Crippen LogP contribution in [0.4, 0.5) is 0 Å². The smallest absolute Gasteiger partial charge is 0.213 e. The summed E-state index contributed by atoms with van der Waals surface area (Å²) in [5, 5.41) is 8.38. The molecule has 6 nitrogen and oxygen atoms in total. The third-order valence-corrected chi connectivity index (χ3v) is 4.41. The highest BCUT2D eigenvalue weighted by molar-refractivity contribution is 6.51. The summed E-state index contributed by atoms with van der Waals surface area (Å²) in [6.07, 6.45) is 1.59. The van der Waals surface area contributed by atoms with Gasteiger partial charge in [0.2, 0.25) is 5.78 Å². The Morgan fingerprint density at radius 2 is 1.10 bits per heavy atom. The number of rotatable bonds is 8. The maximum atomic E-state index is 13.1. The van der Waals surface area contributed by atoms with Gasteiger partial charge in [0, 0.05) is 11.1 Å². The molecule has 0 N–H and O–H groups in total. The second kappa shape index (κ2) is 10.0. The first kappa shape index (κ1) is 20.8. The van der Waals surface area contributed by atoms with Crippen molar-refractivity contribution in [3.63, 3.8) is 0 Å². The highest BCUT2D eigenvalue weighted by Crippen LogP contribution is 2.17. The minimum absolute atomic E-state index is 0.229. The van der Waals surface area contributed by atoms with Crippen LogP contribution in [0.5, 0.6) is 17.2 Å². The molecule has 30 heavy (non-hydrogen) atoms. The minimum Gasteiger partial charge on any atom is -0.497 e. The number of carbonyl (C=O) groups excluding carboxylic acids is 1. The number of benzene rings is 3. The molecule has 3 aromatic rings. The van der Waals surface area contributed by atoms with Crippen LogP contribution in [-0.2, 0) is 0 Å². The number of ketones is 1. The molecular formula is C24H22N2O4. The molecule has 0 radical (unpaired) electrons. The van der Waals surface area contributed by atoms with E-state index in [1.807, 2.05) is 24.3 Å². The first-order chi connectivity index (χ1) is 14.6. The summed E-state index contributed by atoms with van der Waals surface area (Å²) in [6.45, 7) is 0. The largest absolute Gasteiger partial charge is 0.497 e. The summed E-state index contributed by atoms with van der Waals surface area (Å²) >= 11 is 0. The van der Waals surface area contributed by atoms with E-state index in [1.165, 1.54) is 0 Å². The van der Waals surface area contributed by atoms with Gasteiger partial charge in [-0.1, -0.05) is 0 Å². The summed E-state index contributed by atoms with van der Waals surface area (Å²) < 4.78 is 15.5. The van der Waals surface area contributed by atoms with E-state index in [4.69, 9.17) is 14.2 Å². The van der Waals surface area contributed by atoms with Crippen molar-refractivity contribution in [2.24, 2.45) is 10.2 Å². The van der Waals surface area contributed by atoms with Crippen LogP contribution in [-0.4, -0.2) is 39.0 Å². The van der Waals surface area contributed by atoms with Crippen molar-refractivity contribution in [2.45, 2.75) is 0 Å². The lowest BCUT2D eigenvalue weighted by Crippen LogP contribution is -2.15. The molecule has 0 spiro atoms. The van der Waals surface area contributed by atoms with Crippen LogP contribution in [0.3, 0.4) is 0 Å². The van der Waals surface area contributed by atoms with Crippen molar-refractivity contribution in [2.75, 3.05) is 21.3 Å². The Balaban J connectivity index is 1.93. The van der Waals surface area contributed by atoms with E-state index in [9.17, 15) is 4.79 Å². The first-order valence-electron chi connectivity index (χ1n) is 9.23. The van der Waals surface area contributed by atoms with Crippen LogP contribution in [0.25, 0.3) is 0 Å². The Hall–Kier alpha value is -3.93. The summed E-state index contributed by atoms with van der Waals surface area (Å²) in [5.41, 5.74) is 2.20. The molecule has 6 heteroatoms. The number of hydrogen-bond acceptors (Lipinski definition) is 6. The maximum absolute atomic E-state index is 13.1. The Labute approximate surface area is 175 Å². The zero-order valence-corrected chi connectivity index (χ0v) is 17.0. The number of ether oxygens (including phenoxy) is 3. The van der Waals surface area contributed by atoms with Crippen LogP contribution >= 0.6 is 0 Å². The van der Waals surface area contributed by atoms with Gasteiger partial charge in [-0.05, 0) is 78.4 Å². The fourth-order valence-corrected chi connectivity index (χ4v) is 2.71. The predicted molar refractivity (Wildman–Crippen MR) is 117 cm³/mol. The van der Waals surface area contributed by atoms with E-state index in [-0.39, 0.29) is 11.5 Å². The van der Waals surface area contributed by atoms with Gasteiger partial charge in [-0.25, -0.2) is 0 Å². The molecule has 3 aromatic carbocycles. The molecule has 0 aliphatic carbocycles. The monoisotopic (exact) mass is 402 g/mol. The zero-order valence-electron chi connectivity index (χ0n) is 17.0. The van der Waals surface area contributed by atoms with Crippen LogP contribution in [0.2, 0.25) is 0 Å². The molecule has 152 valence electrons. The fourth-order valence-electron chi connectivity index (χ4n) is 2.71. The molecule has 3 rings (SSSR count). The molecule has 0 saturated carbocycles. The highest BCUT2D eigenvalue weighted by atomic mass is 16.5. The third-order valence-electron chi connectivity index (χ3n) is 4.41. The molecule has 0 aromatic heterocycles. The Bertz CT molecular complexity index is 1040. The summed E-state index contributed by atoms with van der Waals surface area (Å²) in [6, 6.07) is 21.4. The number of hydrogen-bond donors (Lipinski definition) is 0. The van der Waals surface area contributed by atoms with Crippen LogP contribution in [0, 0.1) is 0 Å². The van der Waals surface area contributed by atoms with E-state index in [0.717, 1.165) is 11.3 Å². The Kier molecular flexibility index (Phi) is 6.95. The number of methoxy groups -OCH3 is 3. The minimum atomic E-state index is -0.241. The predicted octanol–water partition coefficient (Wildman–Crippen LogP) is 4.42. The summed E-state index contributed by atoms with van der Waals surface area (Å²) in [7, 11) is 4.78. The van der Waals surface area contributed by atoms with Gasteiger partial charge in [0.1, 0.15) is 23.0 Å². The van der Waals surface area contributed by atoms with Crippen LogP contribution < -0.4 is 14.2 Å². The second-order valence-corrected chi connectivity index (χ2v) is 6.25. The van der Waals surface area contributed by atoms with E-state index >= 15 is 0 Å². The average molecular weight is 402 g/mol. The lowest BCUT2D eigenvalue weighted by molar-refractivity contribution is 0.106. The quantitative estimate of drug-likeness (QED) is 0.318. The van der Waals surface area contributed by atoms with Gasteiger partial charge in [0.25, 0.3) is 0 Å². The summed E-state index contributed by atoms with van der Waals surface area (Å²) in [5.74, 6) is 1.88. The lowest BCUT2D eigenvalue weighted by Gasteiger charge is -2.07. The Morgan fingerprint density at radius 1 is 0.667 bits per heavy atom. The van der Waals surface area contributed by atoms with E-state index in [0.29, 0.717) is 22.6 Å². The van der Waals surface area contributed by atoms with Gasteiger partial charge < -0.3 is 14.2 Å². The molecular weight excluding hydrogens is 380 g/mol. The highest BCUT2D eigenvalue weighted by Gasteiger charge is 2.17. The number of carbonyl (C=O) groups is 1. The number of nitrogens with zero attached hydrogens (tertiary/aromatic N) is 2. The SMILES string of the molecule is COc1ccc(/C=N\N=C(/C(=O)c2ccc(OC)cc2)c2ccc(OC)cc2)cc1. The molecule has 0 saturated heterocycles. The number of Topliss-reactive ketones (excluding diaryl/α,β-unsaturated/α-hetero) is 1. The Morgan fingerprint density at radius 3 is 1.57 bits per heavy atom. The molecule has 0 bridgehead atoms. The normalized spacial score (nSPS) is 11.4. The van der Waals surface area contributed by atoms with Gasteiger partial charge in [0.05, 0.1) is 27.5 Å².